The number of carbonyl (C=O) groups is 9. The first-order valence-electron chi connectivity index (χ1n) is 16.6. The van der Waals surface area contributed by atoms with Crippen LogP contribution in [0.15, 0.2) is 0 Å². The van der Waals surface area contributed by atoms with Gasteiger partial charge in [-0.25, -0.2) is 4.79 Å². The van der Waals surface area contributed by atoms with Crippen molar-refractivity contribution in [3.8, 4) is 0 Å². The first-order valence-corrected chi connectivity index (χ1v) is 16.6. The molecule has 0 fully saturated rings. The second-order valence-corrected chi connectivity index (χ2v) is 12.2. The van der Waals surface area contributed by atoms with E-state index in [0.717, 1.165) is 0 Å². The van der Waals surface area contributed by atoms with Crippen molar-refractivity contribution in [1.82, 2.24) is 31.9 Å². The molecular formula is C30H55N11O10. The molecule has 0 heterocycles. The maximum Gasteiger partial charge on any atom is 0.326 e. The molecule has 0 bridgehead atoms. The first kappa shape index (κ1) is 46.1. The number of carboxylic acids is 1. The van der Waals surface area contributed by atoms with Crippen LogP contribution in [0.2, 0.25) is 0 Å². The largest absolute Gasteiger partial charge is 0.480 e. The van der Waals surface area contributed by atoms with Gasteiger partial charge < -0.3 is 65.7 Å². The number of unbranched alkanes of at least 4 members (excludes halogenated alkanes) is 2. The molecule has 17 N–H and O–H groups in total. The van der Waals surface area contributed by atoms with Crippen LogP contribution in [0.4, 0.5) is 0 Å². The van der Waals surface area contributed by atoms with Gasteiger partial charge >= 0.3 is 5.97 Å². The quantitative estimate of drug-likeness (QED) is 0.0370. The number of hydrogen-bond acceptors (Lipinski definition) is 12. The molecule has 0 aliphatic carbocycles. The summed E-state index contributed by atoms with van der Waals surface area (Å²) < 4.78 is 0. The van der Waals surface area contributed by atoms with Crippen molar-refractivity contribution in [1.29, 1.82) is 0 Å². The number of hydrogen-bond donors (Lipinski definition) is 12. The second kappa shape index (κ2) is 24.3. The molecule has 0 aliphatic rings. The van der Waals surface area contributed by atoms with E-state index >= 15 is 0 Å². The number of carboxylic acid groups (broad SMARTS) is 1. The number of primary amides is 2. The first-order chi connectivity index (χ1) is 23.9. The third kappa shape index (κ3) is 18.6. The van der Waals surface area contributed by atoms with E-state index in [9.17, 15) is 48.3 Å². The number of carbonyl (C=O) groups excluding carboxylic acids is 8. The van der Waals surface area contributed by atoms with E-state index in [2.05, 4.69) is 31.9 Å². The summed E-state index contributed by atoms with van der Waals surface area (Å²) in [7, 11) is 0. The fraction of sp³-hybridized carbons (Fsp3) is 0.700. The molecule has 21 heteroatoms. The summed E-state index contributed by atoms with van der Waals surface area (Å²) in [5.41, 5.74) is 26.9. The number of aliphatic carboxylic acids is 1. The summed E-state index contributed by atoms with van der Waals surface area (Å²) in [5, 5.41) is 23.7. The van der Waals surface area contributed by atoms with Gasteiger partial charge in [0, 0.05) is 0 Å². The molecule has 0 aromatic heterocycles. The lowest BCUT2D eigenvalue weighted by Crippen LogP contribution is -2.59. The smallest absolute Gasteiger partial charge is 0.326 e. The molecule has 21 nitrogen and oxygen atoms in total. The summed E-state index contributed by atoms with van der Waals surface area (Å²) in [6.45, 7) is 4.42. The Labute approximate surface area is 296 Å². The van der Waals surface area contributed by atoms with E-state index in [-0.39, 0.29) is 25.9 Å². The van der Waals surface area contributed by atoms with Crippen molar-refractivity contribution >= 4 is 53.2 Å². The lowest BCUT2D eigenvalue weighted by atomic mass is 10.0. The molecule has 0 unspecified atom stereocenters. The standard InChI is InChI=1S/C30H55N11O10/c1-15(2)24(30(50)51)41-29(49)20(13-22(35)43)40-25(45)16(3)36-26(46)17(8-4-6-10-31)38-27(47)18(9-5-7-11-32)39-28(48)19(12-21(34)42)37-23(44)14-33/h15-20,24H,4-14,31-33H2,1-3H3,(H2,34,42)(H2,35,43)(H,36,46)(H,37,44)(H,38,47)(H,39,48)(H,40,45)(H,41,49)(H,50,51)/t16-,17-,18-,19-,20-,24-/m0/s1. The predicted molar refractivity (Wildman–Crippen MR) is 182 cm³/mol. The Hall–Kier alpha value is -4.89. The predicted octanol–water partition coefficient (Wildman–Crippen LogP) is -5.38. The monoisotopic (exact) mass is 729 g/mol. The van der Waals surface area contributed by atoms with E-state index in [1.54, 1.807) is 13.8 Å². The van der Waals surface area contributed by atoms with Gasteiger partial charge in [-0.3, -0.25) is 38.4 Å². The van der Waals surface area contributed by atoms with Crippen LogP contribution >= 0.6 is 0 Å². The molecule has 0 aromatic rings. The Kier molecular flexibility index (Phi) is 22.0. The van der Waals surface area contributed by atoms with Gasteiger partial charge in [0.25, 0.3) is 0 Å². The Morgan fingerprint density at radius 2 is 0.922 bits per heavy atom. The van der Waals surface area contributed by atoms with Gasteiger partial charge in [0.15, 0.2) is 0 Å². The van der Waals surface area contributed by atoms with E-state index in [1.165, 1.54) is 6.92 Å². The lowest BCUT2D eigenvalue weighted by Gasteiger charge is -2.26. The topological polar surface area (TPSA) is 376 Å². The summed E-state index contributed by atoms with van der Waals surface area (Å²) in [5.74, 6) is -8.96. The highest BCUT2D eigenvalue weighted by Crippen LogP contribution is 2.08. The minimum Gasteiger partial charge on any atom is -0.480 e. The van der Waals surface area contributed by atoms with Gasteiger partial charge in [-0.2, -0.15) is 0 Å². The molecule has 8 amide bonds. The van der Waals surface area contributed by atoms with Crippen molar-refractivity contribution in [3.05, 3.63) is 0 Å². The molecule has 51 heavy (non-hydrogen) atoms. The molecule has 0 aliphatic heterocycles. The van der Waals surface area contributed by atoms with Crippen molar-refractivity contribution in [2.75, 3.05) is 19.6 Å². The normalized spacial score (nSPS) is 14.4. The SMILES string of the molecule is CC(C)[C@H](NC(=O)[C@H](CC(N)=O)NC(=O)[C@H](C)NC(=O)[C@H](CCCCN)NC(=O)[C@H](CCCCN)NC(=O)[C@H](CC(N)=O)NC(=O)CN)C(=O)O. The maximum absolute atomic E-state index is 13.5. The van der Waals surface area contributed by atoms with Crippen LogP contribution in [0, 0.1) is 5.92 Å². The van der Waals surface area contributed by atoms with E-state index < -0.39 is 115 Å². The molecule has 0 spiro atoms. The van der Waals surface area contributed by atoms with Crippen LogP contribution in [0.25, 0.3) is 0 Å². The van der Waals surface area contributed by atoms with Crippen LogP contribution in [0.3, 0.4) is 0 Å². The number of nitrogens with one attached hydrogen (secondary N) is 6. The zero-order valence-electron chi connectivity index (χ0n) is 29.3. The van der Waals surface area contributed by atoms with Crippen LogP contribution in [-0.4, -0.2) is 114 Å². The molecule has 290 valence electrons. The van der Waals surface area contributed by atoms with E-state index in [4.69, 9.17) is 28.7 Å². The van der Waals surface area contributed by atoms with Crippen LogP contribution in [0.5, 0.6) is 0 Å². The van der Waals surface area contributed by atoms with Gasteiger partial charge in [0.05, 0.1) is 19.4 Å². The van der Waals surface area contributed by atoms with Gasteiger partial charge in [0.2, 0.25) is 47.3 Å². The summed E-state index contributed by atoms with van der Waals surface area (Å²) in [6, 6.07) is -8.18. The molecule has 6 atom stereocenters. The maximum atomic E-state index is 13.5. The molecule has 0 saturated heterocycles. The van der Waals surface area contributed by atoms with Gasteiger partial charge in [-0.1, -0.05) is 13.8 Å². The second-order valence-electron chi connectivity index (χ2n) is 12.2. The van der Waals surface area contributed by atoms with Crippen LogP contribution in [0.1, 0.15) is 72.1 Å². The number of nitrogens with two attached hydrogens (primary N) is 5. The van der Waals surface area contributed by atoms with Crippen LogP contribution < -0.4 is 60.6 Å². The third-order valence-corrected chi connectivity index (χ3v) is 7.42. The van der Waals surface area contributed by atoms with Crippen molar-refractivity contribution in [3.63, 3.8) is 0 Å². The van der Waals surface area contributed by atoms with Crippen LogP contribution in [-0.2, 0) is 43.2 Å². The van der Waals surface area contributed by atoms with Gasteiger partial charge in [0.1, 0.15) is 36.3 Å². The fourth-order valence-corrected chi connectivity index (χ4v) is 4.59. The molecule has 0 aromatic carbocycles. The Balaban J connectivity index is 6.01. The highest BCUT2D eigenvalue weighted by molar-refractivity contribution is 5.98. The molecule has 0 radical (unpaired) electrons. The van der Waals surface area contributed by atoms with Gasteiger partial charge in [-0.05, 0) is 64.5 Å². The van der Waals surface area contributed by atoms with E-state index in [0.29, 0.717) is 25.7 Å². The van der Waals surface area contributed by atoms with Crippen molar-refractivity contribution in [2.45, 2.75) is 108 Å². The lowest BCUT2D eigenvalue weighted by molar-refractivity contribution is -0.143. The zero-order chi connectivity index (χ0) is 39.3. The minimum atomic E-state index is -1.57. The Bertz CT molecular complexity index is 1230. The van der Waals surface area contributed by atoms with E-state index in [1.807, 2.05) is 0 Å². The van der Waals surface area contributed by atoms with Crippen molar-refractivity contribution < 1.29 is 48.3 Å². The zero-order valence-corrected chi connectivity index (χ0v) is 29.3. The highest BCUT2D eigenvalue weighted by atomic mass is 16.4. The fourth-order valence-electron chi connectivity index (χ4n) is 4.59. The number of amides is 8. The summed E-state index contributed by atoms with van der Waals surface area (Å²) in [6.07, 6.45) is 0.545. The average molecular weight is 730 g/mol. The average Bonchev–Trinajstić information content (AvgIpc) is 3.04. The Morgan fingerprint density at radius 3 is 1.31 bits per heavy atom. The summed E-state index contributed by atoms with van der Waals surface area (Å²) in [4.78, 5) is 112. The molecule has 0 saturated carbocycles. The van der Waals surface area contributed by atoms with Crippen molar-refractivity contribution in [2.24, 2.45) is 34.6 Å². The number of rotatable bonds is 26. The molecular weight excluding hydrogens is 674 g/mol. The minimum absolute atomic E-state index is 0.0573. The Morgan fingerprint density at radius 1 is 0.529 bits per heavy atom. The summed E-state index contributed by atoms with van der Waals surface area (Å²) >= 11 is 0. The van der Waals surface area contributed by atoms with Gasteiger partial charge in [-0.15, -0.1) is 0 Å². The highest BCUT2D eigenvalue weighted by Gasteiger charge is 2.33. The third-order valence-electron chi connectivity index (χ3n) is 7.42. The molecule has 0 rings (SSSR count).